The highest BCUT2D eigenvalue weighted by Crippen LogP contribution is 2.39. The summed E-state index contributed by atoms with van der Waals surface area (Å²) in [4.78, 5) is 27.5. The van der Waals surface area contributed by atoms with Gasteiger partial charge in [-0.2, -0.15) is 0 Å². The maximum atomic E-state index is 15.6. The Morgan fingerprint density at radius 3 is 2.14 bits per heavy atom. The van der Waals surface area contributed by atoms with Gasteiger partial charge in [-0.05, 0) is 42.0 Å². The number of alkyl halides is 4. The summed E-state index contributed by atoms with van der Waals surface area (Å²) in [7, 11) is -3.91. The summed E-state index contributed by atoms with van der Waals surface area (Å²) in [6.45, 7) is -0.704. The molecule has 0 aliphatic carbocycles. The molecule has 0 saturated carbocycles. The van der Waals surface area contributed by atoms with E-state index in [4.69, 9.17) is 9.88 Å². The maximum Gasteiger partial charge on any atom is 0.573 e. The van der Waals surface area contributed by atoms with Gasteiger partial charge in [-0.1, -0.05) is 12.1 Å². The zero-order valence-corrected chi connectivity index (χ0v) is 19.4. The van der Waals surface area contributed by atoms with Gasteiger partial charge >= 0.3 is 12.5 Å². The molecule has 2 atom stereocenters. The first-order valence-electron chi connectivity index (χ1n) is 10.6. The number of carbonyl (C=O) groups excluding carboxylic acids is 2. The molecule has 9 nitrogen and oxygen atoms in total. The molecule has 14 heteroatoms. The Balaban J connectivity index is 1.30. The number of sulfonamides is 1. The first-order valence-corrected chi connectivity index (χ1v) is 12.2. The minimum Gasteiger partial charge on any atom is -0.445 e. The molecular formula is C22H21F4N3O6S. The van der Waals surface area contributed by atoms with Crippen LogP contribution in [-0.2, 0) is 21.4 Å². The van der Waals surface area contributed by atoms with Gasteiger partial charge in [-0.15, -0.1) is 13.2 Å². The smallest absolute Gasteiger partial charge is 0.445 e. The van der Waals surface area contributed by atoms with Crippen LogP contribution in [0.1, 0.15) is 15.9 Å². The van der Waals surface area contributed by atoms with Crippen LogP contribution >= 0.6 is 0 Å². The second kappa shape index (κ2) is 9.24. The van der Waals surface area contributed by atoms with Crippen LogP contribution in [0, 0.1) is 5.92 Å². The summed E-state index contributed by atoms with van der Waals surface area (Å²) in [5, 5.41) is 5.04. The highest BCUT2D eigenvalue weighted by Gasteiger charge is 2.55. The Morgan fingerprint density at radius 2 is 1.58 bits per heavy atom. The first-order chi connectivity index (χ1) is 16.7. The lowest BCUT2D eigenvalue weighted by Gasteiger charge is -2.23. The number of hydrogen-bond acceptors (Lipinski definition) is 6. The standard InChI is InChI=1S/C22H21F4N3O6S/c23-21-12-28(19(30)15-3-7-18(8-4-15)36(27,32)33)9-16(21)10-29(13-21)20(31)34-11-14-1-5-17(6-2-14)35-22(24,25)26/h1-8,16H,9-13H2,(H2,27,32,33)/t16-,21+/m1/s1. The van der Waals surface area contributed by atoms with Crippen molar-refractivity contribution in [2.24, 2.45) is 11.1 Å². The summed E-state index contributed by atoms with van der Waals surface area (Å²) in [6, 6.07) is 9.77. The molecule has 2 N–H and O–H groups in total. The number of carbonyl (C=O) groups is 2. The molecule has 0 spiro atoms. The molecule has 2 aromatic rings. The number of amides is 2. The molecule has 2 heterocycles. The zero-order chi connectivity index (χ0) is 26.3. The molecule has 0 bridgehead atoms. The van der Waals surface area contributed by atoms with Crippen LogP contribution in [0.15, 0.2) is 53.4 Å². The van der Waals surface area contributed by atoms with Gasteiger partial charge in [0.1, 0.15) is 12.4 Å². The monoisotopic (exact) mass is 531 g/mol. The normalized spacial score (nSPS) is 21.9. The molecule has 0 aromatic heterocycles. The van der Waals surface area contributed by atoms with E-state index in [0.717, 1.165) is 12.1 Å². The lowest BCUT2D eigenvalue weighted by atomic mass is 9.97. The SMILES string of the molecule is NS(=O)(=O)c1ccc(C(=O)N2C[C@@H]3CN(C(=O)OCc4ccc(OC(F)(F)F)cc4)C[C@@]3(F)C2)cc1. The minimum atomic E-state index is -4.82. The summed E-state index contributed by atoms with van der Waals surface area (Å²) >= 11 is 0. The minimum absolute atomic E-state index is 0.0157. The van der Waals surface area contributed by atoms with Gasteiger partial charge in [0.05, 0.1) is 18.0 Å². The third-order valence-corrected chi connectivity index (χ3v) is 6.94. The van der Waals surface area contributed by atoms with Crippen molar-refractivity contribution in [2.45, 2.75) is 23.5 Å². The third-order valence-electron chi connectivity index (χ3n) is 6.02. The van der Waals surface area contributed by atoms with E-state index < -0.39 is 45.7 Å². The Kier molecular flexibility index (Phi) is 6.60. The number of nitrogens with zero attached hydrogens (tertiary/aromatic N) is 2. The van der Waals surface area contributed by atoms with Crippen molar-refractivity contribution in [2.75, 3.05) is 26.2 Å². The van der Waals surface area contributed by atoms with Crippen molar-refractivity contribution in [3.8, 4) is 5.75 Å². The van der Waals surface area contributed by atoms with Gasteiger partial charge in [-0.3, -0.25) is 4.79 Å². The number of primary sulfonamides is 1. The van der Waals surface area contributed by atoms with Gasteiger partial charge in [0.2, 0.25) is 10.0 Å². The van der Waals surface area contributed by atoms with Crippen LogP contribution in [-0.4, -0.2) is 68.4 Å². The zero-order valence-electron chi connectivity index (χ0n) is 18.6. The molecule has 2 aliphatic heterocycles. The lowest BCUT2D eigenvalue weighted by Crippen LogP contribution is -2.40. The Labute approximate surface area is 203 Å². The van der Waals surface area contributed by atoms with E-state index in [-0.39, 0.29) is 43.2 Å². The van der Waals surface area contributed by atoms with Crippen LogP contribution in [0.25, 0.3) is 0 Å². The van der Waals surface area contributed by atoms with Crippen LogP contribution in [0.5, 0.6) is 5.75 Å². The fraction of sp³-hybridized carbons (Fsp3) is 0.364. The van der Waals surface area contributed by atoms with Crippen molar-refractivity contribution in [3.05, 3.63) is 59.7 Å². The largest absolute Gasteiger partial charge is 0.573 e. The number of ether oxygens (including phenoxy) is 2. The van der Waals surface area contributed by atoms with E-state index in [9.17, 15) is 31.2 Å². The highest BCUT2D eigenvalue weighted by molar-refractivity contribution is 7.89. The van der Waals surface area contributed by atoms with Crippen molar-refractivity contribution in [3.63, 3.8) is 0 Å². The summed E-state index contributed by atoms with van der Waals surface area (Å²) < 4.78 is 83.9. The van der Waals surface area contributed by atoms with E-state index in [1.165, 1.54) is 46.2 Å². The quantitative estimate of drug-likeness (QED) is 0.593. The number of likely N-dealkylation sites (tertiary alicyclic amines) is 2. The van der Waals surface area contributed by atoms with E-state index in [2.05, 4.69) is 4.74 Å². The maximum absolute atomic E-state index is 15.6. The molecule has 0 radical (unpaired) electrons. The average Bonchev–Trinajstić information content (AvgIpc) is 3.28. The second-order valence-electron chi connectivity index (χ2n) is 8.61. The van der Waals surface area contributed by atoms with Gasteiger partial charge in [0.25, 0.3) is 5.91 Å². The number of fused-ring (bicyclic) bond motifs is 1. The van der Waals surface area contributed by atoms with Crippen molar-refractivity contribution < 1.29 is 45.0 Å². The molecule has 36 heavy (non-hydrogen) atoms. The van der Waals surface area contributed by atoms with E-state index in [0.29, 0.717) is 5.56 Å². The van der Waals surface area contributed by atoms with Crippen molar-refractivity contribution >= 4 is 22.0 Å². The summed E-state index contributed by atoms with van der Waals surface area (Å²) in [5.74, 6) is -1.53. The number of hydrogen-bond donors (Lipinski definition) is 1. The van der Waals surface area contributed by atoms with Gasteiger partial charge in [0, 0.05) is 24.6 Å². The van der Waals surface area contributed by atoms with Gasteiger partial charge < -0.3 is 19.3 Å². The molecule has 2 amide bonds. The number of nitrogens with two attached hydrogens (primary N) is 1. The van der Waals surface area contributed by atoms with Crippen LogP contribution < -0.4 is 9.88 Å². The highest BCUT2D eigenvalue weighted by atomic mass is 32.2. The molecule has 2 aromatic carbocycles. The fourth-order valence-corrected chi connectivity index (χ4v) is 4.79. The number of halogens is 4. The molecule has 2 aliphatic rings. The third kappa shape index (κ3) is 5.70. The van der Waals surface area contributed by atoms with E-state index in [1.807, 2.05) is 0 Å². The van der Waals surface area contributed by atoms with Gasteiger partial charge in [0.15, 0.2) is 5.67 Å². The van der Waals surface area contributed by atoms with Gasteiger partial charge in [-0.25, -0.2) is 22.7 Å². The Hall–Kier alpha value is -3.39. The van der Waals surface area contributed by atoms with Crippen molar-refractivity contribution in [1.29, 1.82) is 0 Å². The van der Waals surface area contributed by atoms with Crippen LogP contribution in [0.2, 0.25) is 0 Å². The number of benzene rings is 2. The predicted octanol–water partition coefficient (Wildman–Crippen LogP) is 2.67. The second-order valence-corrected chi connectivity index (χ2v) is 10.2. The molecule has 0 unspecified atom stereocenters. The first kappa shape index (κ1) is 25.7. The molecule has 2 fully saturated rings. The average molecular weight is 531 g/mol. The topological polar surface area (TPSA) is 119 Å². The fourth-order valence-electron chi connectivity index (χ4n) is 4.28. The molecule has 2 saturated heterocycles. The lowest BCUT2D eigenvalue weighted by molar-refractivity contribution is -0.274. The Morgan fingerprint density at radius 1 is 1.00 bits per heavy atom. The predicted molar refractivity (Wildman–Crippen MR) is 116 cm³/mol. The van der Waals surface area contributed by atoms with E-state index in [1.54, 1.807) is 0 Å². The van der Waals surface area contributed by atoms with Crippen LogP contribution in [0.4, 0.5) is 22.4 Å². The summed E-state index contributed by atoms with van der Waals surface area (Å²) in [6.07, 6.45) is -5.60. The van der Waals surface area contributed by atoms with E-state index >= 15 is 4.39 Å². The number of rotatable bonds is 5. The molecule has 194 valence electrons. The molecular weight excluding hydrogens is 510 g/mol. The van der Waals surface area contributed by atoms with Crippen molar-refractivity contribution in [1.82, 2.24) is 9.80 Å². The summed E-state index contributed by atoms with van der Waals surface area (Å²) in [5.41, 5.74) is -1.25. The van der Waals surface area contributed by atoms with Crippen LogP contribution in [0.3, 0.4) is 0 Å². The molecule has 4 rings (SSSR count). The Bertz CT molecular complexity index is 1250.